The SMILES string of the molecule is CCCCCCCCCCCCCCCCCCCCCCC(=O)OCC(O)COP(=O)(O)OCC(NC(=O)CCCCCCCCCC)C(=O)O. The van der Waals surface area contributed by atoms with Crippen LogP contribution in [-0.4, -0.2) is 64.9 Å². The normalized spacial score (nSPS) is 13.8. The summed E-state index contributed by atoms with van der Waals surface area (Å²) in [5.74, 6) is -2.36. The molecule has 1 amide bonds. The van der Waals surface area contributed by atoms with Crippen LogP contribution in [0.1, 0.15) is 206 Å². The number of hydrogen-bond donors (Lipinski definition) is 4. The first-order chi connectivity index (χ1) is 25.1. The van der Waals surface area contributed by atoms with Crippen molar-refractivity contribution in [1.82, 2.24) is 5.32 Å². The second-order valence-electron chi connectivity index (χ2n) is 14.5. The van der Waals surface area contributed by atoms with Gasteiger partial charge < -0.3 is 25.2 Å². The van der Waals surface area contributed by atoms with Crippen LogP contribution in [0.2, 0.25) is 0 Å². The van der Waals surface area contributed by atoms with Crippen LogP contribution in [0.3, 0.4) is 0 Å². The topological polar surface area (TPSA) is 169 Å². The van der Waals surface area contributed by atoms with Crippen molar-refractivity contribution in [2.24, 2.45) is 0 Å². The van der Waals surface area contributed by atoms with Gasteiger partial charge in [-0.05, 0) is 12.8 Å². The molecule has 0 bridgehead atoms. The predicted molar refractivity (Wildman–Crippen MR) is 208 cm³/mol. The van der Waals surface area contributed by atoms with Gasteiger partial charge in [0.15, 0.2) is 6.04 Å². The molecule has 0 rings (SSSR count). The number of carbonyl (C=O) groups excluding carboxylic acids is 2. The van der Waals surface area contributed by atoms with Crippen molar-refractivity contribution in [1.29, 1.82) is 0 Å². The number of aliphatic hydroxyl groups is 1. The Morgan fingerprint density at radius 1 is 0.538 bits per heavy atom. The van der Waals surface area contributed by atoms with E-state index in [1.54, 1.807) is 0 Å². The molecule has 0 heterocycles. The summed E-state index contributed by atoms with van der Waals surface area (Å²) >= 11 is 0. The lowest BCUT2D eigenvalue weighted by atomic mass is 10.0. The lowest BCUT2D eigenvalue weighted by Crippen LogP contribution is -2.43. The smallest absolute Gasteiger partial charge is 0.472 e. The number of nitrogens with one attached hydrogen (secondary N) is 1. The Morgan fingerprint density at radius 3 is 1.27 bits per heavy atom. The fourth-order valence-corrected chi connectivity index (χ4v) is 6.85. The highest BCUT2D eigenvalue weighted by Gasteiger charge is 2.28. The number of phosphoric acid groups is 1. The molecule has 0 saturated heterocycles. The molecule has 0 aliphatic heterocycles. The Labute approximate surface area is 316 Å². The third-order valence-corrected chi connectivity index (χ3v) is 10.3. The number of hydrogen-bond acceptors (Lipinski definition) is 8. The van der Waals surface area contributed by atoms with Gasteiger partial charge in [0.05, 0.1) is 13.2 Å². The largest absolute Gasteiger partial charge is 0.480 e. The molecule has 0 aromatic rings. The number of aliphatic carboxylic acids is 1. The first-order valence-corrected chi connectivity index (χ1v) is 22.6. The molecule has 0 saturated carbocycles. The minimum absolute atomic E-state index is 0.149. The van der Waals surface area contributed by atoms with Gasteiger partial charge in [-0.25, -0.2) is 9.36 Å². The average Bonchev–Trinajstić information content (AvgIpc) is 3.11. The van der Waals surface area contributed by atoms with Crippen molar-refractivity contribution in [3.63, 3.8) is 0 Å². The van der Waals surface area contributed by atoms with Crippen molar-refractivity contribution >= 4 is 25.7 Å². The first kappa shape index (κ1) is 50.5. The molecular weight excluding hydrogens is 685 g/mol. The van der Waals surface area contributed by atoms with Crippen LogP contribution in [0.4, 0.5) is 0 Å². The van der Waals surface area contributed by atoms with Crippen LogP contribution in [0.5, 0.6) is 0 Å². The van der Waals surface area contributed by atoms with Crippen LogP contribution < -0.4 is 5.32 Å². The maximum Gasteiger partial charge on any atom is 0.472 e. The molecule has 0 radical (unpaired) electrons. The first-order valence-electron chi connectivity index (χ1n) is 21.1. The molecule has 0 aliphatic carbocycles. The number of carbonyl (C=O) groups is 3. The lowest BCUT2D eigenvalue weighted by molar-refractivity contribution is -0.147. The fraction of sp³-hybridized carbons (Fsp3) is 0.925. The summed E-state index contributed by atoms with van der Waals surface area (Å²) in [5, 5.41) is 21.7. The minimum Gasteiger partial charge on any atom is -0.480 e. The van der Waals surface area contributed by atoms with E-state index in [4.69, 9.17) is 13.8 Å². The Morgan fingerprint density at radius 2 is 0.885 bits per heavy atom. The van der Waals surface area contributed by atoms with Crippen molar-refractivity contribution < 1.29 is 47.8 Å². The molecular formula is C40H78NO10P. The van der Waals surface area contributed by atoms with Crippen molar-refractivity contribution in [3.05, 3.63) is 0 Å². The molecule has 0 fully saturated rings. The molecule has 12 heteroatoms. The summed E-state index contributed by atoms with van der Waals surface area (Å²) in [6.07, 6.45) is 33.0. The summed E-state index contributed by atoms with van der Waals surface area (Å²) in [5.41, 5.74) is 0. The lowest BCUT2D eigenvalue weighted by Gasteiger charge is -2.18. The van der Waals surface area contributed by atoms with Crippen molar-refractivity contribution in [2.45, 2.75) is 219 Å². The van der Waals surface area contributed by atoms with Crippen molar-refractivity contribution in [3.8, 4) is 0 Å². The number of unbranched alkanes of at least 4 members (excludes halogenated alkanes) is 26. The highest BCUT2D eigenvalue weighted by molar-refractivity contribution is 7.47. The number of phosphoric ester groups is 1. The highest BCUT2D eigenvalue weighted by Crippen LogP contribution is 2.43. The highest BCUT2D eigenvalue weighted by atomic mass is 31.2. The zero-order valence-electron chi connectivity index (χ0n) is 33.1. The molecule has 3 unspecified atom stereocenters. The van der Waals surface area contributed by atoms with E-state index in [0.717, 1.165) is 38.5 Å². The van der Waals surface area contributed by atoms with Gasteiger partial charge in [-0.2, -0.15) is 0 Å². The predicted octanol–water partition coefficient (Wildman–Crippen LogP) is 10.3. The van der Waals surface area contributed by atoms with Gasteiger partial charge in [-0.15, -0.1) is 0 Å². The van der Waals surface area contributed by atoms with Crippen LogP contribution in [-0.2, 0) is 32.7 Å². The Hall–Kier alpha value is -1.52. The zero-order valence-corrected chi connectivity index (χ0v) is 34.0. The monoisotopic (exact) mass is 764 g/mol. The van der Waals surface area contributed by atoms with Gasteiger partial charge in [0, 0.05) is 12.8 Å². The number of esters is 1. The van der Waals surface area contributed by atoms with E-state index in [2.05, 4.69) is 19.2 Å². The maximum absolute atomic E-state index is 12.2. The van der Waals surface area contributed by atoms with Gasteiger partial charge in [0.2, 0.25) is 5.91 Å². The molecule has 0 aromatic carbocycles. The number of carboxylic acids is 1. The van der Waals surface area contributed by atoms with E-state index in [0.29, 0.717) is 12.8 Å². The van der Waals surface area contributed by atoms with Crippen LogP contribution in [0.25, 0.3) is 0 Å². The summed E-state index contributed by atoms with van der Waals surface area (Å²) in [4.78, 5) is 45.6. The van der Waals surface area contributed by atoms with Gasteiger partial charge in [0.1, 0.15) is 12.7 Å². The average molecular weight is 764 g/mol. The van der Waals surface area contributed by atoms with Gasteiger partial charge in [-0.1, -0.05) is 181 Å². The molecule has 308 valence electrons. The number of aliphatic hydroxyl groups excluding tert-OH is 1. The van der Waals surface area contributed by atoms with Crippen LogP contribution in [0.15, 0.2) is 0 Å². The molecule has 0 spiro atoms. The molecule has 0 aliphatic rings. The van der Waals surface area contributed by atoms with E-state index in [-0.39, 0.29) is 12.8 Å². The fourth-order valence-electron chi connectivity index (χ4n) is 6.08. The van der Waals surface area contributed by atoms with Gasteiger partial charge in [-0.3, -0.25) is 18.6 Å². The summed E-state index contributed by atoms with van der Waals surface area (Å²) in [6, 6.07) is -1.54. The minimum atomic E-state index is -4.74. The van der Waals surface area contributed by atoms with E-state index < -0.39 is 57.6 Å². The summed E-state index contributed by atoms with van der Waals surface area (Å²) in [6.45, 7) is 2.56. The van der Waals surface area contributed by atoms with Crippen molar-refractivity contribution in [2.75, 3.05) is 19.8 Å². The van der Waals surface area contributed by atoms with E-state index in [1.165, 1.54) is 128 Å². The molecule has 4 N–H and O–H groups in total. The number of ether oxygens (including phenoxy) is 1. The van der Waals surface area contributed by atoms with Crippen LogP contribution in [0, 0.1) is 0 Å². The van der Waals surface area contributed by atoms with E-state index in [1.807, 2.05) is 0 Å². The van der Waals surface area contributed by atoms with E-state index in [9.17, 15) is 34.1 Å². The summed E-state index contributed by atoms with van der Waals surface area (Å²) < 4.78 is 26.7. The standard InChI is InChI=1S/C40H78NO10P/c1-3-5-7-9-11-13-14-15-16-17-18-19-20-21-22-23-24-26-28-30-32-39(44)49-33-36(42)34-50-52(47,48)51-35-37(40(45)46)41-38(43)31-29-27-25-12-10-8-6-4-2/h36-37,42H,3-35H2,1-2H3,(H,41,43)(H,45,46)(H,47,48). The Kier molecular flexibility index (Phi) is 35.4. The van der Waals surface area contributed by atoms with Crippen LogP contribution >= 0.6 is 7.82 Å². The number of carboxylic acid groups (broad SMARTS) is 1. The number of rotatable bonds is 40. The molecule has 52 heavy (non-hydrogen) atoms. The third kappa shape index (κ3) is 35.5. The third-order valence-electron chi connectivity index (χ3n) is 9.40. The quantitative estimate of drug-likeness (QED) is 0.0268. The second-order valence-corrected chi connectivity index (χ2v) is 16.0. The summed E-state index contributed by atoms with van der Waals surface area (Å²) in [7, 11) is -4.74. The molecule has 0 aromatic heterocycles. The van der Waals surface area contributed by atoms with E-state index >= 15 is 0 Å². The van der Waals surface area contributed by atoms with Gasteiger partial charge >= 0.3 is 19.8 Å². The molecule has 3 atom stereocenters. The second kappa shape index (κ2) is 36.5. The molecule has 11 nitrogen and oxygen atoms in total. The Bertz CT molecular complexity index is 906. The van der Waals surface area contributed by atoms with Gasteiger partial charge in [0.25, 0.3) is 0 Å². The number of amides is 1. The maximum atomic E-state index is 12.2. The zero-order chi connectivity index (χ0) is 38.5. The Balaban J connectivity index is 3.78.